The number of hydrogen-bond acceptors (Lipinski definition) is 4. The Hall–Kier alpha value is -1.32. The monoisotopic (exact) mass is 208 g/mol. The van der Waals surface area contributed by atoms with Crippen LogP contribution in [0.15, 0.2) is 12.4 Å². The first-order chi connectivity index (χ1) is 6.89. The predicted octanol–water partition coefficient (Wildman–Crippen LogP) is 2.15. The van der Waals surface area contributed by atoms with E-state index < -0.39 is 0 Å². The number of nitrogens with zero attached hydrogens (tertiary/aromatic N) is 2. The fourth-order valence-corrected chi connectivity index (χ4v) is 0.993. The molecule has 0 aliphatic carbocycles. The van der Waals surface area contributed by atoms with Gasteiger partial charge in [-0.3, -0.25) is 0 Å². The Labute approximate surface area is 91.3 Å². The molecule has 0 amide bonds. The molecule has 1 heterocycles. The topological polar surface area (TPSA) is 63.8 Å². The third kappa shape index (κ3) is 3.73. The van der Waals surface area contributed by atoms with Gasteiger partial charge in [-0.05, 0) is 11.3 Å². The van der Waals surface area contributed by atoms with E-state index >= 15 is 0 Å². The van der Waals surface area contributed by atoms with E-state index in [0.717, 1.165) is 12.4 Å². The number of nitrogens with two attached hydrogens (primary N) is 1. The largest absolute Gasteiger partial charge is 0.382 e. The van der Waals surface area contributed by atoms with Crippen molar-refractivity contribution in [2.75, 3.05) is 17.6 Å². The maximum absolute atomic E-state index is 5.45. The van der Waals surface area contributed by atoms with E-state index in [1.807, 2.05) is 0 Å². The minimum atomic E-state index is 0.300. The van der Waals surface area contributed by atoms with Crippen LogP contribution in [0.25, 0.3) is 0 Å². The van der Waals surface area contributed by atoms with Crippen LogP contribution in [0.1, 0.15) is 27.7 Å². The highest BCUT2D eigenvalue weighted by Crippen LogP contribution is 2.25. The minimum absolute atomic E-state index is 0.300. The molecule has 0 saturated carbocycles. The molecule has 0 aliphatic rings. The van der Waals surface area contributed by atoms with E-state index in [0.29, 0.717) is 17.2 Å². The first kappa shape index (κ1) is 11.8. The SMILES string of the molecule is CC(CNc1cnc(N)cn1)C(C)(C)C. The summed E-state index contributed by atoms with van der Waals surface area (Å²) >= 11 is 0. The summed E-state index contributed by atoms with van der Waals surface area (Å²) in [6, 6.07) is 0. The summed E-state index contributed by atoms with van der Waals surface area (Å²) in [7, 11) is 0. The molecular formula is C11H20N4. The zero-order valence-electron chi connectivity index (χ0n) is 9.91. The molecule has 1 aromatic rings. The third-order valence-corrected chi connectivity index (χ3v) is 2.74. The van der Waals surface area contributed by atoms with Gasteiger partial charge in [-0.2, -0.15) is 0 Å². The van der Waals surface area contributed by atoms with Crippen molar-refractivity contribution >= 4 is 11.6 Å². The standard InChI is InChI=1S/C11H20N4/c1-8(11(2,3)4)5-14-10-7-13-9(12)6-15-10/h6-8H,5H2,1-4H3,(H2,12,13)(H,14,15). The van der Waals surface area contributed by atoms with E-state index in [1.165, 1.54) is 0 Å². The predicted molar refractivity (Wildman–Crippen MR) is 63.6 cm³/mol. The van der Waals surface area contributed by atoms with Crippen LogP contribution >= 0.6 is 0 Å². The van der Waals surface area contributed by atoms with Gasteiger partial charge in [0.2, 0.25) is 0 Å². The number of nitrogens with one attached hydrogen (secondary N) is 1. The van der Waals surface area contributed by atoms with Crippen LogP contribution in [0.3, 0.4) is 0 Å². The van der Waals surface area contributed by atoms with Crippen LogP contribution in [0.5, 0.6) is 0 Å². The van der Waals surface area contributed by atoms with Crippen molar-refractivity contribution in [3.8, 4) is 0 Å². The van der Waals surface area contributed by atoms with E-state index in [1.54, 1.807) is 12.4 Å². The average Bonchev–Trinajstić information content (AvgIpc) is 2.15. The number of nitrogen functional groups attached to an aromatic ring is 1. The zero-order chi connectivity index (χ0) is 11.5. The Morgan fingerprint density at radius 2 is 2.00 bits per heavy atom. The van der Waals surface area contributed by atoms with E-state index in [9.17, 15) is 0 Å². The second-order valence-corrected chi connectivity index (χ2v) is 4.97. The molecule has 84 valence electrons. The second kappa shape index (κ2) is 4.47. The lowest BCUT2D eigenvalue weighted by Crippen LogP contribution is -2.25. The number of hydrogen-bond donors (Lipinski definition) is 2. The van der Waals surface area contributed by atoms with Crippen molar-refractivity contribution in [1.82, 2.24) is 9.97 Å². The van der Waals surface area contributed by atoms with Crippen molar-refractivity contribution < 1.29 is 0 Å². The maximum atomic E-state index is 5.45. The lowest BCUT2D eigenvalue weighted by molar-refractivity contribution is 0.274. The van der Waals surface area contributed by atoms with Gasteiger partial charge in [0.15, 0.2) is 0 Å². The Kier molecular flexibility index (Phi) is 3.50. The highest BCUT2D eigenvalue weighted by atomic mass is 15.0. The van der Waals surface area contributed by atoms with Gasteiger partial charge in [0.25, 0.3) is 0 Å². The van der Waals surface area contributed by atoms with Gasteiger partial charge >= 0.3 is 0 Å². The van der Waals surface area contributed by atoms with Crippen LogP contribution in [-0.2, 0) is 0 Å². The van der Waals surface area contributed by atoms with Crippen LogP contribution in [-0.4, -0.2) is 16.5 Å². The molecule has 1 unspecified atom stereocenters. The average molecular weight is 208 g/mol. The van der Waals surface area contributed by atoms with Gasteiger partial charge in [-0.15, -0.1) is 0 Å². The van der Waals surface area contributed by atoms with E-state index in [4.69, 9.17) is 5.73 Å². The Balaban J connectivity index is 2.47. The molecule has 0 aromatic carbocycles. The highest BCUT2D eigenvalue weighted by Gasteiger charge is 2.19. The Morgan fingerprint density at radius 3 is 2.47 bits per heavy atom. The summed E-state index contributed by atoms with van der Waals surface area (Å²) < 4.78 is 0. The van der Waals surface area contributed by atoms with Crippen LogP contribution in [0.2, 0.25) is 0 Å². The summed E-state index contributed by atoms with van der Waals surface area (Å²) in [5, 5.41) is 3.25. The lowest BCUT2D eigenvalue weighted by atomic mass is 9.82. The van der Waals surface area contributed by atoms with E-state index in [-0.39, 0.29) is 0 Å². The van der Waals surface area contributed by atoms with Crippen molar-refractivity contribution in [2.45, 2.75) is 27.7 Å². The smallest absolute Gasteiger partial charge is 0.144 e. The summed E-state index contributed by atoms with van der Waals surface area (Å²) in [5.74, 6) is 1.79. The molecule has 0 aliphatic heterocycles. The quantitative estimate of drug-likeness (QED) is 0.799. The number of aromatic nitrogens is 2. The lowest BCUT2D eigenvalue weighted by Gasteiger charge is -2.27. The molecule has 0 bridgehead atoms. The molecule has 0 radical (unpaired) electrons. The molecule has 4 heteroatoms. The molecule has 4 nitrogen and oxygen atoms in total. The molecule has 0 fully saturated rings. The first-order valence-electron chi connectivity index (χ1n) is 5.21. The van der Waals surface area contributed by atoms with Crippen molar-refractivity contribution in [3.63, 3.8) is 0 Å². The molecule has 15 heavy (non-hydrogen) atoms. The number of rotatable bonds is 3. The molecule has 1 aromatic heterocycles. The van der Waals surface area contributed by atoms with Crippen molar-refractivity contribution in [2.24, 2.45) is 11.3 Å². The molecule has 3 N–H and O–H groups in total. The van der Waals surface area contributed by atoms with Gasteiger partial charge in [0.1, 0.15) is 11.6 Å². The maximum Gasteiger partial charge on any atom is 0.144 e. The molecular weight excluding hydrogens is 188 g/mol. The van der Waals surface area contributed by atoms with Gasteiger partial charge in [-0.25, -0.2) is 9.97 Å². The van der Waals surface area contributed by atoms with Crippen molar-refractivity contribution in [1.29, 1.82) is 0 Å². The van der Waals surface area contributed by atoms with Gasteiger partial charge < -0.3 is 11.1 Å². The van der Waals surface area contributed by atoms with Crippen LogP contribution in [0, 0.1) is 11.3 Å². The van der Waals surface area contributed by atoms with Crippen LogP contribution < -0.4 is 11.1 Å². The van der Waals surface area contributed by atoms with Gasteiger partial charge in [-0.1, -0.05) is 27.7 Å². The number of anilines is 2. The highest BCUT2D eigenvalue weighted by molar-refractivity contribution is 5.35. The minimum Gasteiger partial charge on any atom is -0.382 e. The molecule has 1 rings (SSSR count). The molecule has 0 saturated heterocycles. The summed E-state index contributed by atoms with van der Waals surface area (Å²) in [6.07, 6.45) is 3.22. The molecule has 1 atom stereocenters. The summed E-state index contributed by atoms with van der Waals surface area (Å²) in [6.45, 7) is 9.80. The Bertz CT molecular complexity index is 299. The molecule has 0 spiro atoms. The summed E-state index contributed by atoms with van der Waals surface area (Å²) in [4.78, 5) is 8.11. The first-order valence-corrected chi connectivity index (χ1v) is 5.21. The fraction of sp³-hybridized carbons (Fsp3) is 0.636. The second-order valence-electron chi connectivity index (χ2n) is 4.97. The van der Waals surface area contributed by atoms with Gasteiger partial charge in [0.05, 0.1) is 12.4 Å². The normalized spacial score (nSPS) is 13.6. The van der Waals surface area contributed by atoms with Crippen molar-refractivity contribution in [3.05, 3.63) is 12.4 Å². The summed E-state index contributed by atoms with van der Waals surface area (Å²) in [5.41, 5.74) is 5.75. The Morgan fingerprint density at radius 1 is 1.33 bits per heavy atom. The fourth-order valence-electron chi connectivity index (χ4n) is 0.993. The third-order valence-electron chi connectivity index (χ3n) is 2.74. The van der Waals surface area contributed by atoms with E-state index in [2.05, 4.69) is 43.0 Å². The van der Waals surface area contributed by atoms with Gasteiger partial charge in [0, 0.05) is 6.54 Å². The zero-order valence-corrected chi connectivity index (χ0v) is 9.91. The van der Waals surface area contributed by atoms with Crippen LogP contribution in [0.4, 0.5) is 11.6 Å².